The van der Waals surface area contributed by atoms with Crippen LogP contribution in [0.5, 0.6) is 0 Å². The highest BCUT2D eigenvalue weighted by molar-refractivity contribution is 5.68. The van der Waals surface area contributed by atoms with Gasteiger partial charge >= 0.3 is 6.09 Å². The molecule has 0 aromatic heterocycles. The van der Waals surface area contributed by atoms with E-state index in [1.807, 2.05) is 54.6 Å². The van der Waals surface area contributed by atoms with E-state index < -0.39 is 17.8 Å². The fourth-order valence-corrected chi connectivity index (χ4v) is 3.24. The average molecular weight is 341 g/mol. The number of aliphatic hydroxyl groups excluding tert-OH is 1. The van der Waals surface area contributed by atoms with E-state index in [1.54, 1.807) is 6.92 Å². The Morgan fingerprint density at radius 1 is 1.20 bits per heavy atom. The van der Waals surface area contributed by atoms with Crippen LogP contribution in [0, 0.1) is 0 Å². The molecule has 0 bridgehead atoms. The summed E-state index contributed by atoms with van der Waals surface area (Å²) in [5.41, 5.74) is 1.30. The zero-order chi connectivity index (χ0) is 17.9. The van der Waals surface area contributed by atoms with Crippen LogP contribution in [0.15, 0.2) is 54.6 Å². The molecule has 1 heterocycles. The molecule has 132 valence electrons. The molecule has 5 heteroatoms. The van der Waals surface area contributed by atoms with Crippen LogP contribution in [0.25, 0.3) is 11.1 Å². The monoisotopic (exact) mass is 341 g/mol. The van der Waals surface area contributed by atoms with Gasteiger partial charge in [0.15, 0.2) is 0 Å². The number of hydrogen-bond donors (Lipinski definition) is 2. The van der Waals surface area contributed by atoms with Gasteiger partial charge in [-0.15, -0.1) is 0 Å². The second-order valence-electron chi connectivity index (χ2n) is 6.28. The van der Waals surface area contributed by atoms with Gasteiger partial charge in [0.05, 0.1) is 13.2 Å². The molecule has 0 spiro atoms. The Hall–Kier alpha value is -2.37. The van der Waals surface area contributed by atoms with Gasteiger partial charge in [-0.3, -0.25) is 0 Å². The maximum Gasteiger partial charge on any atom is 0.409 e. The Morgan fingerprint density at radius 3 is 2.60 bits per heavy atom. The van der Waals surface area contributed by atoms with Gasteiger partial charge in [0.2, 0.25) is 0 Å². The molecule has 5 nitrogen and oxygen atoms in total. The van der Waals surface area contributed by atoms with Crippen molar-refractivity contribution in [1.82, 2.24) is 4.90 Å². The number of amides is 1. The number of piperidine rings is 1. The molecule has 2 atom stereocenters. The Bertz CT molecular complexity index is 733. The van der Waals surface area contributed by atoms with Crippen LogP contribution in [-0.2, 0) is 10.3 Å². The standard InChI is InChI=1S/C20H23NO4/c1-2-25-19(23)21-12-11-20(24,18(22)14-21)17-10-6-9-16(13-17)15-7-4-3-5-8-15/h3-10,13,18,22,24H,2,11-12,14H2,1H3. The second-order valence-corrected chi connectivity index (χ2v) is 6.28. The van der Waals surface area contributed by atoms with Crippen molar-refractivity contribution in [2.24, 2.45) is 0 Å². The van der Waals surface area contributed by atoms with Gasteiger partial charge in [-0.25, -0.2) is 4.79 Å². The Kier molecular flexibility index (Phi) is 5.06. The minimum Gasteiger partial charge on any atom is -0.450 e. The second kappa shape index (κ2) is 7.25. The molecule has 2 aromatic rings. The van der Waals surface area contributed by atoms with Crippen LogP contribution in [0.3, 0.4) is 0 Å². The van der Waals surface area contributed by atoms with Crippen molar-refractivity contribution in [1.29, 1.82) is 0 Å². The van der Waals surface area contributed by atoms with Gasteiger partial charge in [0, 0.05) is 13.0 Å². The lowest BCUT2D eigenvalue weighted by Crippen LogP contribution is -2.55. The molecule has 2 aromatic carbocycles. The fraction of sp³-hybridized carbons (Fsp3) is 0.350. The lowest BCUT2D eigenvalue weighted by Gasteiger charge is -2.42. The van der Waals surface area contributed by atoms with E-state index in [9.17, 15) is 15.0 Å². The summed E-state index contributed by atoms with van der Waals surface area (Å²) in [6.07, 6.45) is -1.27. The quantitative estimate of drug-likeness (QED) is 0.901. The predicted molar refractivity (Wildman–Crippen MR) is 95.0 cm³/mol. The number of ether oxygens (including phenoxy) is 1. The molecule has 3 rings (SSSR count). The van der Waals surface area contributed by atoms with Crippen molar-refractivity contribution in [2.75, 3.05) is 19.7 Å². The van der Waals surface area contributed by atoms with Gasteiger partial charge in [0.1, 0.15) is 11.7 Å². The van der Waals surface area contributed by atoms with E-state index in [0.29, 0.717) is 12.1 Å². The van der Waals surface area contributed by atoms with Crippen LogP contribution in [0.2, 0.25) is 0 Å². The van der Waals surface area contributed by atoms with E-state index in [-0.39, 0.29) is 19.6 Å². The smallest absolute Gasteiger partial charge is 0.409 e. The number of rotatable bonds is 3. The summed E-state index contributed by atoms with van der Waals surface area (Å²) in [4.78, 5) is 13.3. The molecule has 0 aliphatic carbocycles. The normalized spacial score (nSPS) is 23.3. The van der Waals surface area contributed by atoms with Crippen molar-refractivity contribution in [3.63, 3.8) is 0 Å². The van der Waals surface area contributed by atoms with Crippen LogP contribution in [-0.4, -0.2) is 47.0 Å². The predicted octanol–water partition coefficient (Wildman–Crippen LogP) is 2.76. The molecule has 2 N–H and O–H groups in total. The molecule has 1 amide bonds. The fourth-order valence-electron chi connectivity index (χ4n) is 3.24. The summed E-state index contributed by atoms with van der Waals surface area (Å²) in [5.74, 6) is 0. The molecule has 1 saturated heterocycles. The molecular weight excluding hydrogens is 318 g/mol. The first kappa shape index (κ1) is 17.5. The summed E-state index contributed by atoms with van der Waals surface area (Å²) in [5, 5.41) is 21.6. The minimum absolute atomic E-state index is 0.0465. The summed E-state index contributed by atoms with van der Waals surface area (Å²) >= 11 is 0. The highest BCUT2D eigenvalue weighted by Crippen LogP contribution is 2.35. The molecule has 1 aliphatic rings. The van der Waals surface area contributed by atoms with Crippen molar-refractivity contribution >= 4 is 6.09 Å². The molecule has 0 saturated carbocycles. The summed E-state index contributed by atoms with van der Waals surface area (Å²) in [6, 6.07) is 17.4. The number of carbonyl (C=O) groups excluding carboxylic acids is 1. The third kappa shape index (κ3) is 3.52. The SMILES string of the molecule is CCOC(=O)N1CCC(O)(c2cccc(-c3ccccc3)c2)C(O)C1. The molecule has 0 radical (unpaired) electrons. The van der Waals surface area contributed by atoms with Crippen LogP contribution < -0.4 is 0 Å². The first-order chi connectivity index (χ1) is 12.0. The number of hydrogen-bond acceptors (Lipinski definition) is 4. The van der Waals surface area contributed by atoms with E-state index in [2.05, 4.69) is 0 Å². The number of aliphatic hydroxyl groups is 2. The minimum atomic E-state index is -1.38. The molecular formula is C20H23NO4. The number of likely N-dealkylation sites (tertiary alicyclic amines) is 1. The zero-order valence-electron chi connectivity index (χ0n) is 14.3. The van der Waals surface area contributed by atoms with Crippen molar-refractivity contribution in [2.45, 2.75) is 25.0 Å². The number of β-amino-alcohol motifs (C(OH)–C–C–N with tert-alkyl or cyclic N) is 1. The third-order valence-electron chi connectivity index (χ3n) is 4.70. The molecule has 1 aliphatic heterocycles. The summed E-state index contributed by atoms with van der Waals surface area (Å²) in [7, 11) is 0. The van der Waals surface area contributed by atoms with Crippen molar-refractivity contribution in [3.8, 4) is 11.1 Å². The maximum atomic E-state index is 11.8. The number of benzene rings is 2. The van der Waals surface area contributed by atoms with E-state index in [1.165, 1.54) is 4.90 Å². The Balaban J connectivity index is 1.83. The summed E-state index contributed by atoms with van der Waals surface area (Å²) < 4.78 is 4.97. The molecule has 25 heavy (non-hydrogen) atoms. The first-order valence-corrected chi connectivity index (χ1v) is 8.52. The summed E-state index contributed by atoms with van der Waals surface area (Å²) in [6.45, 7) is 2.41. The van der Waals surface area contributed by atoms with E-state index in [4.69, 9.17) is 4.74 Å². The lowest BCUT2D eigenvalue weighted by atomic mass is 9.81. The van der Waals surface area contributed by atoms with E-state index >= 15 is 0 Å². The zero-order valence-corrected chi connectivity index (χ0v) is 14.3. The van der Waals surface area contributed by atoms with E-state index in [0.717, 1.165) is 11.1 Å². The largest absolute Gasteiger partial charge is 0.450 e. The topological polar surface area (TPSA) is 70.0 Å². The van der Waals surface area contributed by atoms with Gasteiger partial charge in [-0.1, -0.05) is 48.5 Å². The molecule has 1 fully saturated rings. The van der Waals surface area contributed by atoms with Gasteiger partial charge in [0.25, 0.3) is 0 Å². The van der Waals surface area contributed by atoms with Crippen LogP contribution in [0.1, 0.15) is 18.9 Å². The van der Waals surface area contributed by atoms with Crippen molar-refractivity contribution < 1.29 is 19.7 Å². The maximum absolute atomic E-state index is 11.8. The van der Waals surface area contributed by atoms with Gasteiger partial charge < -0.3 is 19.8 Å². The Morgan fingerprint density at radius 2 is 1.92 bits per heavy atom. The van der Waals surface area contributed by atoms with Gasteiger partial charge in [-0.05, 0) is 29.7 Å². The first-order valence-electron chi connectivity index (χ1n) is 8.52. The average Bonchev–Trinajstić information content (AvgIpc) is 2.65. The van der Waals surface area contributed by atoms with Gasteiger partial charge in [-0.2, -0.15) is 0 Å². The Labute approximate surface area is 147 Å². The third-order valence-corrected chi connectivity index (χ3v) is 4.70. The molecule has 2 unspecified atom stereocenters. The highest BCUT2D eigenvalue weighted by Gasteiger charge is 2.43. The highest BCUT2D eigenvalue weighted by atomic mass is 16.6. The van der Waals surface area contributed by atoms with Crippen LogP contribution in [0.4, 0.5) is 4.79 Å². The van der Waals surface area contributed by atoms with Crippen molar-refractivity contribution in [3.05, 3.63) is 60.2 Å². The lowest BCUT2D eigenvalue weighted by molar-refractivity contribution is -0.120. The number of carbonyl (C=O) groups is 1. The number of nitrogens with zero attached hydrogens (tertiary/aromatic N) is 1. The van der Waals surface area contributed by atoms with Crippen LogP contribution >= 0.6 is 0 Å².